The molecule has 122 valence electrons. The number of nitrogens with zero attached hydrogens (tertiary/aromatic N) is 3. The normalized spacial score (nSPS) is 11.4. The van der Waals surface area contributed by atoms with Crippen molar-refractivity contribution in [3.63, 3.8) is 0 Å². The van der Waals surface area contributed by atoms with Gasteiger partial charge in [-0.05, 0) is 42.8 Å². The Bertz CT molecular complexity index is 1080. The van der Waals surface area contributed by atoms with Gasteiger partial charge in [0, 0.05) is 17.1 Å². The molecule has 4 aromatic rings. The molecule has 0 saturated heterocycles. The van der Waals surface area contributed by atoms with Crippen LogP contribution in [0, 0.1) is 6.92 Å². The fourth-order valence-electron chi connectivity index (χ4n) is 2.76. The van der Waals surface area contributed by atoms with Crippen LogP contribution in [0.5, 0.6) is 5.75 Å². The van der Waals surface area contributed by atoms with Crippen LogP contribution >= 0.6 is 0 Å². The van der Waals surface area contributed by atoms with Crippen molar-refractivity contribution >= 4 is 23.1 Å². The van der Waals surface area contributed by atoms with Gasteiger partial charge in [-0.25, -0.2) is 15.0 Å². The topological polar surface area (TPSA) is 74.7 Å². The Morgan fingerprint density at radius 3 is 2.60 bits per heavy atom. The first-order chi connectivity index (χ1) is 12.2. The molecule has 25 heavy (non-hydrogen) atoms. The number of benzene rings is 2. The molecule has 0 unspecified atom stereocenters. The summed E-state index contributed by atoms with van der Waals surface area (Å²) in [6, 6.07) is 15.1. The van der Waals surface area contributed by atoms with Gasteiger partial charge >= 0.3 is 0 Å². The lowest BCUT2D eigenvalue weighted by Gasteiger charge is -2.04. The zero-order valence-electron chi connectivity index (χ0n) is 13.6. The summed E-state index contributed by atoms with van der Waals surface area (Å²) >= 11 is 0. The third kappa shape index (κ3) is 2.99. The lowest BCUT2D eigenvalue weighted by atomic mass is 10.1. The highest BCUT2D eigenvalue weighted by molar-refractivity contribution is 5.91. The fourth-order valence-corrected chi connectivity index (χ4v) is 2.76. The Balaban J connectivity index is 1.73. The molecule has 0 radical (unpaired) electrons. The van der Waals surface area contributed by atoms with E-state index in [9.17, 15) is 5.11 Å². The van der Waals surface area contributed by atoms with Gasteiger partial charge in [0.25, 0.3) is 0 Å². The van der Waals surface area contributed by atoms with Gasteiger partial charge < -0.3 is 10.1 Å². The first kappa shape index (κ1) is 15.1. The van der Waals surface area contributed by atoms with Crippen molar-refractivity contribution in [3.8, 4) is 17.1 Å². The van der Waals surface area contributed by atoms with E-state index in [2.05, 4.69) is 26.0 Å². The number of rotatable bonds is 3. The summed E-state index contributed by atoms with van der Waals surface area (Å²) in [6.07, 6.45) is 5.79. The monoisotopic (exact) mass is 328 g/mol. The minimum Gasteiger partial charge on any atom is -0.507 e. The maximum atomic E-state index is 10.0. The molecular weight excluding hydrogens is 312 g/mol. The maximum Gasteiger partial charge on any atom is 0.167 e. The minimum atomic E-state index is 0.152. The SMILES string of the molecule is Cc1nc(/C=C/c2c[nH]c3ccccc23)nc(-c2ccccc2O)n1. The first-order valence-electron chi connectivity index (χ1n) is 7.96. The predicted molar refractivity (Wildman–Crippen MR) is 98.9 cm³/mol. The molecule has 2 heterocycles. The minimum absolute atomic E-state index is 0.152. The number of H-pyrrole nitrogens is 1. The van der Waals surface area contributed by atoms with E-state index in [4.69, 9.17) is 0 Å². The second-order valence-electron chi connectivity index (χ2n) is 5.70. The number of phenolic OH excluding ortho intramolecular Hbond substituents is 1. The molecule has 0 fully saturated rings. The Hall–Kier alpha value is -3.47. The summed E-state index contributed by atoms with van der Waals surface area (Å²) in [5.74, 6) is 1.77. The summed E-state index contributed by atoms with van der Waals surface area (Å²) in [6.45, 7) is 1.81. The zero-order valence-corrected chi connectivity index (χ0v) is 13.6. The predicted octanol–water partition coefficient (Wildman–Crippen LogP) is 4.20. The summed E-state index contributed by atoms with van der Waals surface area (Å²) in [5.41, 5.74) is 2.75. The van der Waals surface area contributed by atoms with Gasteiger partial charge in [0.2, 0.25) is 0 Å². The van der Waals surface area contributed by atoms with Crippen molar-refractivity contribution in [1.29, 1.82) is 0 Å². The highest BCUT2D eigenvalue weighted by atomic mass is 16.3. The van der Waals surface area contributed by atoms with E-state index in [-0.39, 0.29) is 5.75 Å². The van der Waals surface area contributed by atoms with Crippen LogP contribution in [0.25, 0.3) is 34.4 Å². The molecule has 4 rings (SSSR count). The average molecular weight is 328 g/mol. The Morgan fingerprint density at radius 1 is 0.920 bits per heavy atom. The zero-order chi connectivity index (χ0) is 17.2. The summed E-state index contributed by atoms with van der Waals surface area (Å²) < 4.78 is 0. The van der Waals surface area contributed by atoms with Gasteiger partial charge in [0.1, 0.15) is 11.6 Å². The van der Waals surface area contributed by atoms with E-state index in [0.29, 0.717) is 23.0 Å². The molecule has 0 saturated carbocycles. The largest absolute Gasteiger partial charge is 0.507 e. The summed E-state index contributed by atoms with van der Waals surface area (Å²) in [5, 5.41) is 11.2. The number of para-hydroxylation sites is 2. The molecule has 0 atom stereocenters. The molecule has 0 amide bonds. The van der Waals surface area contributed by atoms with Gasteiger partial charge in [-0.3, -0.25) is 0 Å². The fraction of sp³-hybridized carbons (Fsp3) is 0.0500. The van der Waals surface area contributed by atoms with Crippen LogP contribution in [-0.4, -0.2) is 25.0 Å². The van der Waals surface area contributed by atoms with E-state index >= 15 is 0 Å². The molecule has 2 N–H and O–H groups in total. The van der Waals surface area contributed by atoms with E-state index in [1.807, 2.05) is 49.5 Å². The standard InChI is InChI=1S/C20H16N4O/c1-13-22-19(24-20(23-13)16-7-3-5-9-18(16)25)11-10-14-12-21-17-8-4-2-6-15(14)17/h2-12,21,25H,1H3/b11-10+. The number of aromatic hydroxyl groups is 1. The van der Waals surface area contributed by atoms with Crippen molar-refractivity contribution in [2.45, 2.75) is 6.92 Å². The molecule has 2 aromatic carbocycles. The third-order valence-corrected chi connectivity index (χ3v) is 3.94. The Labute approximate surface area is 144 Å². The number of nitrogens with one attached hydrogen (secondary N) is 1. The number of aromatic nitrogens is 4. The molecule has 5 heteroatoms. The quantitative estimate of drug-likeness (QED) is 0.591. The molecule has 5 nitrogen and oxygen atoms in total. The van der Waals surface area contributed by atoms with E-state index in [1.165, 1.54) is 0 Å². The molecule has 0 bridgehead atoms. The lowest BCUT2D eigenvalue weighted by molar-refractivity contribution is 0.477. The molecule has 0 aliphatic rings. The van der Waals surface area contributed by atoms with Gasteiger partial charge in [-0.1, -0.05) is 30.3 Å². The van der Waals surface area contributed by atoms with E-state index in [0.717, 1.165) is 16.5 Å². The smallest absolute Gasteiger partial charge is 0.167 e. The number of phenols is 1. The number of hydrogen-bond donors (Lipinski definition) is 2. The van der Waals surface area contributed by atoms with Crippen molar-refractivity contribution < 1.29 is 5.11 Å². The molecule has 2 aromatic heterocycles. The number of fused-ring (bicyclic) bond motifs is 1. The van der Waals surface area contributed by atoms with Crippen LogP contribution in [0.2, 0.25) is 0 Å². The van der Waals surface area contributed by atoms with Gasteiger partial charge in [-0.15, -0.1) is 0 Å². The van der Waals surface area contributed by atoms with Crippen LogP contribution in [-0.2, 0) is 0 Å². The van der Waals surface area contributed by atoms with Crippen molar-refractivity contribution in [2.24, 2.45) is 0 Å². The summed E-state index contributed by atoms with van der Waals surface area (Å²) in [7, 11) is 0. The van der Waals surface area contributed by atoms with Crippen LogP contribution in [0.1, 0.15) is 17.2 Å². The number of aromatic amines is 1. The van der Waals surface area contributed by atoms with E-state index < -0.39 is 0 Å². The second kappa shape index (κ2) is 6.20. The van der Waals surface area contributed by atoms with Crippen LogP contribution in [0.4, 0.5) is 0 Å². The van der Waals surface area contributed by atoms with Gasteiger partial charge in [-0.2, -0.15) is 0 Å². The highest BCUT2D eigenvalue weighted by Crippen LogP contribution is 2.26. The van der Waals surface area contributed by atoms with Crippen molar-refractivity contribution in [2.75, 3.05) is 0 Å². The Morgan fingerprint density at radius 2 is 1.72 bits per heavy atom. The van der Waals surface area contributed by atoms with E-state index in [1.54, 1.807) is 18.2 Å². The lowest BCUT2D eigenvalue weighted by Crippen LogP contribution is -1.99. The van der Waals surface area contributed by atoms with Crippen LogP contribution < -0.4 is 0 Å². The third-order valence-electron chi connectivity index (χ3n) is 3.94. The second-order valence-corrected chi connectivity index (χ2v) is 5.70. The first-order valence-corrected chi connectivity index (χ1v) is 7.96. The van der Waals surface area contributed by atoms with Crippen LogP contribution in [0.3, 0.4) is 0 Å². The van der Waals surface area contributed by atoms with Gasteiger partial charge in [0.05, 0.1) is 5.56 Å². The molecule has 0 aliphatic heterocycles. The maximum absolute atomic E-state index is 10.0. The number of aryl methyl sites for hydroxylation is 1. The Kier molecular flexibility index (Phi) is 3.74. The van der Waals surface area contributed by atoms with Gasteiger partial charge in [0.15, 0.2) is 11.6 Å². The average Bonchev–Trinajstić information content (AvgIpc) is 3.03. The van der Waals surface area contributed by atoms with Crippen molar-refractivity contribution in [3.05, 3.63) is 71.9 Å². The molecular formula is C20H16N4O. The summed E-state index contributed by atoms with van der Waals surface area (Å²) in [4.78, 5) is 16.4. The van der Waals surface area contributed by atoms with Crippen molar-refractivity contribution in [1.82, 2.24) is 19.9 Å². The molecule has 0 spiro atoms. The van der Waals surface area contributed by atoms with Crippen LogP contribution in [0.15, 0.2) is 54.7 Å². The molecule has 0 aliphatic carbocycles. The number of hydrogen-bond acceptors (Lipinski definition) is 4. The highest BCUT2D eigenvalue weighted by Gasteiger charge is 2.09.